The Labute approximate surface area is 175 Å². The first-order valence-corrected chi connectivity index (χ1v) is 10.6. The zero-order valence-corrected chi connectivity index (χ0v) is 18.3. The van der Waals surface area contributed by atoms with Gasteiger partial charge in [-0.25, -0.2) is 4.98 Å². The number of allylic oxidation sites excluding steroid dienone is 1. The topological polar surface area (TPSA) is 109 Å². The zero-order valence-electron chi connectivity index (χ0n) is 17.5. The van der Waals surface area contributed by atoms with Crippen molar-refractivity contribution in [3.8, 4) is 0 Å². The third-order valence-corrected chi connectivity index (χ3v) is 5.35. The molecular weight excluding hydrogens is 392 g/mol. The molecule has 29 heavy (non-hydrogen) atoms. The average molecular weight is 423 g/mol. The quantitative estimate of drug-likeness (QED) is 0.628. The maximum absolute atomic E-state index is 12.1. The van der Waals surface area contributed by atoms with Crippen molar-refractivity contribution in [2.75, 3.05) is 7.11 Å². The van der Waals surface area contributed by atoms with Crippen LogP contribution in [0, 0.1) is 0 Å². The molecule has 1 aromatic rings. The molecule has 1 aromatic heterocycles. The molecule has 9 heteroatoms. The van der Waals surface area contributed by atoms with Gasteiger partial charge in [0.25, 0.3) is 5.91 Å². The number of nitrogens with one attached hydrogen (secondary N) is 3. The van der Waals surface area contributed by atoms with Gasteiger partial charge in [0, 0.05) is 18.9 Å². The van der Waals surface area contributed by atoms with Gasteiger partial charge in [-0.3, -0.25) is 19.7 Å². The van der Waals surface area contributed by atoms with Gasteiger partial charge >= 0.3 is 0 Å². The molecule has 0 spiro atoms. The Balaban J connectivity index is 0.000000438. The van der Waals surface area contributed by atoms with Crippen LogP contribution in [0.5, 0.6) is 0 Å². The van der Waals surface area contributed by atoms with Gasteiger partial charge in [0.1, 0.15) is 16.7 Å². The number of nitrogens with zero attached hydrogens (tertiary/aromatic N) is 1. The normalized spacial score (nSPS) is 18.8. The molecular formula is C20H30N4O4S. The third kappa shape index (κ3) is 7.94. The van der Waals surface area contributed by atoms with E-state index in [1.165, 1.54) is 23.3 Å². The first-order chi connectivity index (χ1) is 13.7. The molecule has 0 aromatic carbocycles. The smallest absolute Gasteiger partial charge is 0.271 e. The van der Waals surface area contributed by atoms with Gasteiger partial charge < -0.3 is 15.4 Å². The summed E-state index contributed by atoms with van der Waals surface area (Å²) >= 11 is 1.40. The molecule has 2 aliphatic rings. The van der Waals surface area contributed by atoms with E-state index >= 15 is 0 Å². The van der Waals surface area contributed by atoms with Crippen LogP contribution >= 0.6 is 11.3 Å². The van der Waals surface area contributed by atoms with E-state index < -0.39 is 11.9 Å². The number of imide groups is 1. The van der Waals surface area contributed by atoms with E-state index in [1.807, 2.05) is 27.0 Å². The molecule has 1 aliphatic heterocycles. The molecule has 3 rings (SSSR count). The van der Waals surface area contributed by atoms with Crippen LogP contribution < -0.4 is 16.0 Å². The van der Waals surface area contributed by atoms with Crippen LogP contribution in [0.3, 0.4) is 0 Å². The highest BCUT2D eigenvalue weighted by Crippen LogP contribution is 2.24. The Kier molecular flexibility index (Phi) is 8.33. The molecule has 8 nitrogen and oxygen atoms in total. The fourth-order valence-electron chi connectivity index (χ4n) is 2.37. The van der Waals surface area contributed by atoms with E-state index in [9.17, 15) is 14.4 Å². The highest BCUT2D eigenvalue weighted by atomic mass is 32.1. The van der Waals surface area contributed by atoms with Gasteiger partial charge in [0.05, 0.1) is 12.1 Å². The minimum atomic E-state index is -0.674. The number of aromatic nitrogens is 1. The summed E-state index contributed by atoms with van der Waals surface area (Å²) in [5.41, 5.74) is 1.75. The van der Waals surface area contributed by atoms with Crippen LogP contribution in [0.25, 0.3) is 0 Å². The van der Waals surface area contributed by atoms with E-state index in [1.54, 1.807) is 12.5 Å². The second-order valence-corrected chi connectivity index (χ2v) is 8.90. The van der Waals surface area contributed by atoms with E-state index in [4.69, 9.17) is 4.74 Å². The van der Waals surface area contributed by atoms with Crippen molar-refractivity contribution in [3.63, 3.8) is 0 Å². The minimum Gasteiger partial charge on any atom is -0.384 e. The lowest BCUT2D eigenvalue weighted by molar-refractivity contribution is -0.134. The summed E-state index contributed by atoms with van der Waals surface area (Å²) in [7, 11) is 1.71. The van der Waals surface area contributed by atoms with Gasteiger partial charge in [0.15, 0.2) is 0 Å². The van der Waals surface area contributed by atoms with Crippen molar-refractivity contribution in [1.82, 2.24) is 20.9 Å². The number of hydrogen-bond acceptors (Lipinski definition) is 7. The third-order valence-electron chi connectivity index (χ3n) is 4.50. The van der Waals surface area contributed by atoms with Gasteiger partial charge in [-0.05, 0) is 52.7 Å². The Bertz CT molecular complexity index is 761. The van der Waals surface area contributed by atoms with Crippen molar-refractivity contribution in [2.45, 2.75) is 71.1 Å². The summed E-state index contributed by atoms with van der Waals surface area (Å²) in [6.45, 7) is 6.65. The minimum absolute atomic E-state index is 0.0417. The first kappa shape index (κ1) is 23.0. The van der Waals surface area contributed by atoms with Gasteiger partial charge in [0.2, 0.25) is 11.8 Å². The fourth-order valence-corrected chi connectivity index (χ4v) is 3.09. The van der Waals surface area contributed by atoms with Crippen LogP contribution in [-0.4, -0.2) is 41.5 Å². The number of methoxy groups -OCH3 is 1. The number of hydrogen-bond donors (Lipinski definition) is 3. The molecule has 2 fully saturated rings. The maximum atomic E-state index is 12.1. The van der Waals surface area contributed by atoms with Crippen LogP contribution in [0.2, 0.25) is 0 Å². The van der Waals surface area contributed by atoms with Crippen LogP contribution in [0.4, 0.5) is 0 Å². The highest BCUT2D eigenvalue weighted by molar-refractivity contribution is 7.09. The molecule has 1 saturated heterocycles. The molecule has 0 bridgehead atoms. The summed E-state index contributed by atoms with van der Waals surface area (Å²) in [6, 6.07) is -0.674. The number of rotatable bonds is 5. The average Bonchev–Trinajstić information content (AvgIpc) is 3.08. The molecule has 1 saturated carbocycles. The molecule has 0 radical (unpaired) electrons. The second-order valence-electron chi connectivity index (χ2n) is 7.96. The predicted octanol–water partition coefficient (Wildman–Crippen LogP) is 2.27. The van der Waals surface area contributed by atoms with Crippen molar-refractivity contribution in [3.05, 3.63) is 27.9 Å². The summed E-state index contributed by atoms with van der Waals surface area (Å²) < 4.78 is 4.94. The zero-order chi connectivity index (χ0) is 21.4. The fraction of sp³-hybridized carbons (Fsp3) is 0.600. The lowest BCUT2D eigenvalue weighted by Crippen LogP contribution is -2.52. The maximum Gasteiger partial charge on any atom is 0.271 e. The van der Waals surface area contributed by atoms with E-state index in [2.05, 4.69) is 20.9 Å². The lowest BCUT2D eigenvalue weighted by Gasteiger charge is -2.21. The highest BCUT2D eigenvalue weighted by Gasteiger charge is 2.28. The first-order valence-electron chi connectivity index (χ1n) is 9.73. The standard InChI is InChI=1S/C15H18N4O3S.C5H12O/c20-12-5-4-10(14(21)19-12)18-15(22)11-8-23-13(17-11)7-16-6-9-2-1-3-9;1-5(2,3)6-4/h6,8,10,16H,1-5,7H2,(H,18,22)(H,19,20,21);1-4H3. The van der Waals surface area contributed by atoms with Crippen molar-refractivity contribution in [2.24, 2.45) is 0 Å². The molecule has 2 heterocycles. The van der Waals surface area contributed by atoms with E-state index in [0.29, 0.717) is 18.7 Å². The number of ether oxygens (including phenoxy) is 1. The van der Waals surface area contributed by atoms with Crippen molar-refractivity contribution in [1.29, 1.82) is 0 Å². The van der Waals surface area contributed by atoms with Crippen LogP contribution in [0.15, 0.2) is 17.2 Å². The van der Waals surface area contributed by atoms with Crippen LogP contribution in [0.1, 0.15) is 68.4 Å². The van der Waals surface area contributed by atoms with Gasteiger partial charge in [-0.1, -0.05) is 5.57 Å². The SMILES string of the molecule is COC(C)(C)C.O=C1CCC(NC(=O)c2csc(CNC=C3CCC3)n2)C(=O)N1. The second kappa shape index (κ2) is 10.5. The van der Waals surface area contributed by atoms with Crippen molar-refractivity contribution < 1.29 is 19.1 Å². The number of thiazole rings is 1. The molecule has 3 N–H and O–H groups in total. The van der Waals surface area contributed by atoms with E-state index in [0.717, 1.165) is 17.8 Å². The molecule has 160 valence electrons. The van der Waals surface area contributed by atoms with Gasteiger partial charge in [-0.15, -0.1) is 11.3 Å². The summed E-state index contributed by atoms with van der Waals surface area (Å²) in [4.78, 5) is 39.1. The number of carbonyl (C=O) groups is 3. The van der Waals surface area contributed by atoms with Gasteiger partial charge in [-0.2, -0.15) is 0 Å². The Morgan fingerprint density at radius 2 is 2.03 bits per heavy atom. The predicted molar refractivity (Wildman–Crippen MR) is 111 cm³/mol. The lowest BCUT2D eigenvalue weighted by atomic mass is 9.94. The molecule has 1 unspecified atom stereocenters. The Morgan fingerprint density at radius 1 is 1.34 bits per heavy atom. The monoisotopic (exact) mass is 422 g/mol. The van der Waals surface area contributed by atoms with E-state index in [-0.39, 0.29) is 23.8 Å². The van der Waals surface area contributed by atoms with Crippen molar-refractivity contribution >= 4 is 29.1 Å². The summed E-state index contributed by atoms with van der Waals surface area (Å²) in [5.74, 6) is -1.15. The molecule has 1 aliphatic carbocycles. The summed E-state index contributed by atoms with van der Waals surface area (Å²) in [6.07, 6.45) is 6.15. The summed E-state index contributed by atoms with van der Waals surface area (Å²) in [5, 5.41) is 10.5. The Hall–Kier alpha value is -2.26. The molecule has 3 amide bonds. The van der Waals surface area contributed by atoms with Crippen LogP contribution in [-0.2, 0) is 20.9 Å². The number of carbonyl (C=O) groups excluding carboxylic acids is 3. The number of amides is 3. The number of piperidine rings is 1. The molecule has 1 atom stereocenters. The Morgan fingerprint density at radius 3 is 2.59 bits per heavy atom. The largest absolute Gasteiger partial charge is 0.384 e.